The fourth-order valence-corrected chi connectivity index (χ4v) is 2.89. The molecule has 1 aliphatic heterocycles. The molecular weight excluding hydrogens is 319 g/mol. The lowest BCUT2D eigenvalue weighted by Crippen LogP contribution is -2.38. The van der Waals surface area contributed by atoms with Crippen LogP contribution in [0.1, 0.15) is 23.6 Å². The highest BCUT2D eigenvalue weighted by molar-refractivity contribution is 6.31. The van der Waals surface area contributed by atoms with Gasteiger partial charge in [-0.3, -0.25) is 9.97 Å². The molecule has 7 heteroatoms. The minimum absolute atomic E-state index is 0.156. The standard InChI is InChI=1S/C16H16ClFN4O/c17-14-7-13(18)2-1-11(14)8-21-16(23)22-6-3-12(10-22)15-9-19-4-5-20-15/h1-2,4-5,7,9,12H,3,6,8,10H2,(H,21,23). The molecule has 1 atom stereocenters. The number of nitrogens with zero attached hydrogens (tertiary/aromatic N) is 3. The molecule has 3 rings (SSSR count). The van der Waals surface area contributed by atoms with E-state index < -0.39 is 5.82 Å². The molecule has 2 amide bonds. The van der Waals surface area contributed by atoms with E-state index in [2.05, 4.69) is 15.3 Å². The minimum Gasteiger partial charge on any atom is -0.334 e. The van der Waals surface area contributed by atoms with E-state index in [1.165, 1.54) is 12.1 Å². The summed E-state index contributed by atoms with van der Waals surface area (Å²) in [4.78, 5) is 22.3. The molecule has 0 saturated carbocycles. The van der Waals surface area contributed by atoms with Gasteiger partial charge in [0.15, 0.2) is 0 Å². The molecule has 1 aromatic carbocycles. The Labute approximate surface area is 138 Å². The van der Waals surface area contributed by atoms with Crippen molar-refractivity contribution in [3.8, 4) is 0 Å². The molecule has 0 aliphatic carbocycles. The number of nitrogens with one attached hydrogen (secondary N) is 1. The van der Waals surface area contributed by atoms with Crippen molar-refractivity contribution in [1.29, 1.82) is 0 Å². The Hall–Kier alpha value is -2.21. The molecule has 1 aromatic heterocycles. The molecule has 1 unspecified atom stereocenters. The summed E-state index contributed by atoms with van der Waals surface area (Å²) in [6.45, 7) is 1.55. The Morgan fingerprint density at radius 2 is 2.30 bits per heavy atom. The summed E-state index contributed by atoms with van der Waals surface area (Å²) in [6, 6.07) is 3.98. The molecule has 120 valence electrons. The van der Waals surface area contributed by atoms with Crippen LogP contribution >= 0.6 is 11.6 Å². The number of benzene rings is 1. The van der Waals surface area contributed by atoms with Crippen molar-refractivity contribution in [3.63, 3.8) is 0 Å². The molecule has 1 N–H and O–H groups in total. The monoisotopic (exact) mass is 334 g/mol. The molecule has 5 nitrogen and oxygen atoms in total. The number of hydrogen-bond acceptors (Lipinski definition) is 3. The van der Waals surface area contributed by atoms with Crippen molar-refractivity contribution in [2.45, 2.75) is 18.9 Å². The van der Waals surface area contributed by atoms with Crippen LogP contribution < -0.4 is 5.32 Å². The molecule has 1 saturated heterocycles. The number of aromatic nitrogens is 2. The van der Waals surface area contributed by atoms with Gasteiger partial charge in [-0.2, -0.15) is 0 Å². The number of amides is 2. The van der Waals surface area contributed by atoms with E-state index in [9.17, 15) is 9.18 Å². The maximum absolute atomic E-state index is 13.0. The maximum atomic E-state index is 13.0. The second kappa shape index (κ2) is 6.91. The van der Waals surface area contributed by atoms with Gasteiger partial charge in [-0.25, -0.2) is 9.18 Å². The van der Waals surface area contributed by atoms with Crippen LogP contribution in [0.2, 0.25) is 5.02 Å². The first-order chi connectivity index (χ1) is 11.1. The van der Waals surface area contributed by atoms with Gasteiger partial charge in [-0.1, -0.05) is 17.7 Å². The first kappa shape index (κ1) is 15.7. The van der Waals surface area contributed by atoms with Crippen molar-refractivity contribution < 1.29 is 9.18 Å². The number of hydrogen-bond donors (Lipinski definition) is 1. The highest BCUT2D eigenvalue weighted by Crippen LogP contribution is 2.25. The van der Waals surface area contributed by atoms with Gasteiger partial charge >= 0.3 is 6.03 Å². The fourth-order valence-electron chi connectivity index (χ4n) is 2.66. The van der Waals surface area contributed by atoms with E-state index in [-0.39, 0.29) is 18.5 Å². The number of carbonyl (C=O) groups excluding carboxylic acids is 1. The van der Waals surface area contributed by atoms with Crippen molar-refractivity contribution >= 4 is 17.6 Å². The minimum atomic E-state index is -0.392. The van der Waals surface area contributed by atoms with Gasteiger partial charge < -0.3 is 10.2 Å². The first-order valence-electron chi connectivity index (χ1n) is 7.36. The van der Waals surface area contributed by atoms with Crippen molar-refractivity contribution in [1.82, 2.24) is 20.2 Å². The molecule has 0 spiro atoms. The van der Waals surface area contributed by atoms with Crippen LogP contribution in [0.25, 0.3) is 0 Å². The van der Waals surface area contributed by atoms with Gasteiger partial charge in [0, 0.05) is 49.2 Å². The summed E-state index contributed by atoms with van der Waals surface area (Å²) in [6.07, 6.45) is 5.90. The topological polar surface area (TPSA) is 58.1 Å². The van der Waals surface area contributed by atoms with E-state index in [1.54, 1.807) is 29.6 Å². The highest BCUT2D eigenvalue weighted by Gasteiger charge is 2.28. The molecule has 1 aliphatic rings. The molecule has 23 heavy (non-hydrogen) atoms. The molecule has 0 radical (unpaired) electrons. The molecule has 2 aromatic rings. The Morgan fingerprint density at radius 3 is 3.04 bits per heavy atom. The third-order valence-corrected chi connectivity index (χ3v) is 4.27. The summed E-state index contributed by atoms with van der Waals surface area (Å²) in [5.74, 6) is -0.180. The third kappa shape index (κ3) is 3.76. The molecule has 0 bridgehead atoms. The maximum Gasteiger partial charge on any atom is 0.317 e. The normalized spacial score (nSPS) is 17.3. The van der Waals surface area contributed by atoms with Gasteiger partial charge in [0.1, 0.15) is 5.82 Å². The highest BCUT2D eigenvalue weighted by atomic mass is 35.5. The molecule has 1 fully saturated rings. The van der Waals surface area contributed by atoms with Crippen LogP contribution in [0.4, 0.5) is 9.18 Å². The predicted molar refractivity (Wildman–Crippen MR) is 84.6 cm³/mol. The Balaban J connectivity index is 1.55. The van der Waals surface area contributed by atoms with Crippen molar-refractivity contribution in [3.05, 3.63) is 58.9 Å². The molecular formula is C16H16ClFN4O. The first-order valence-corrected chi connectivity index (χ1v) is 7.74. The average molecular weight is 335 g/mol. The van der Waals surface area contributed by atoms with Crippen molar-refractivity contribution in [2.24, 2.45) is 0 Å². The zero-order valence-corrected chi connectivity index (χ0v) is 13.1. The second-order valence-electron chi connectivity index (χ2n) is 5.46. The predicted octanol–water partition coefficient (Wildman–Crippen LogP) is 2.97. The summed E-state index contributed by atoms with van der Waals surface area (Å²) < 4.78 is 13.0. The van der Waals surface area contributed by atoms with E-state index in [0.29, 0.717) is 23.7 Å². The van der Waals surface area contributed by atoms with Gasteiger partial charge in [0.2, 0.25) is 0 Å². The van der Waals surface area contributed by atoms with Gasteiger partial charge in [0.05, 0.1) is 5.69 Å². The number of urea groups is 1. The van der Waals surface area contributed by atoms with E-state index in [1.807, 2.05) is 0 Å². The summed E-state index contributed by atoms with van der Waals surface area (Å²) in [7, 11) is 0. The van der Waals surface area contributed by atoms with E-state index in [0.717, 1.165) is 12.1 Å². The fraction of sp³-hybridized carbons (Fsp3) is 0.312. The van der Waals surface area contributed by atoms with E-state index in [4.69, 9.17) is 11.6 Å². The largest absolute Gasteiger partial charge is 0.334 e. The lowest BCUT2D eigenvalue weighted by atomic mass is 10.1. The smallest absolute Gasteiger partial charge is 0.317 e. The quantitative estimate of drug-likeness (QED) is 0.938. The number of rotatable bonds is 3. The number of likely N-dealkylation sites (tertiary alicyclic amines) is 1. The van der Waals surface area contributed by atoms with Gasteiger partial charge in [-0.15, -0.1) is 0 Å². The lowest BCUT2D eigenvalue weighted by molar-refractivity contribution is 0.207. The van der Waals surface area contributed by atoms with Crippen LogP contribution in [-0.2, 0) is 6.54 Å². The number of carbonyl (C=O) groups is 1. The van der Waals surface area contributed by atoms with Crippen LogP contribution in [0.15, 0.2) is 36.8 Å². The van der Waals surface area contributed by atoms with Crippen molar-refractivity contribution in [2.75, 3.05) is 13.1 Å². The number of halogens is 2. The third-order valence-electron chi connectivity index (χ3n) is 3.92. The lowest BCUT2D eigenvalue weighted by Gasteiger charge is -2.17. The Bertz CT molecular complexity index is 698. The summed E-state index contributed by atoms with van der Waals surface area (Å²) in [5.41, 5.74) is 1.59. The van der Waals surface area contributed by atoms with Crippen LogP contribution in [0.5, 0.6) is 0 Å². The van der Waals surface area contributed by atoms with Crippen LogP contribution in [-0.4, -0.2) is 34.0 Å². The summed E-state index contributed by atoms with van der Waals surface area (Å²) in [5, 5.41) is 3.13. The summed E-state index contributed by atoms with van der Waals surface area (Å²) >= 11 is 5.96. The molecule has 2 heterocycles. The SMILES string of the molecule is O=C(NCc1ccc(F)cc1Cl)N1CCC(c2cnccn2)C1. The average Bonchev–Trinajstić information content (AvgIpc) is 3.05. The van der Waals surface area contributed by atoms with Gasteiger partial charge in [-0.05, 0) is 24.1 Å². The Kier molecular flexibility index (Phi) is 4.71. The zero-order valence-electron chi connectivity index (χ0n) is 12.4. The van der Waals surface area contributed by atoms with Crippen LogP contribution in [0, 0.1) is 5.82 Å². The second-order valence-corrected chi connectivity index (χ2v) is 5.86. The Morgan fingerprint density at radius 1 is 1.43 bits per heavy atom. The van der Waals surface area contributed by atoms with Crippen LogP contribution in [0.3, 0.4) is 0 Å². The zero-order chi connectivity index (χ0) is 16.2. The van der Waals surface area contributed by atoms with Gasteiger partial charge in [0.25, 0.3) is 0 Å². The van der Waals surface area contributed by atoms with E-state index >= 15 is 0 Å².